The summed E-state index contributed by atoms with van der Waals surface area (Å²) < 4.78 is 5.36. The van der Waals surface area contributed by atoms with E-state index in [0.717, 1.165) is 57.3 Å². The van der Waals surface area contributed by atoms with Crippen molar-refractivity contribution in [1.82, 2.24) is 14.8 Å². The Bertz CT molecular complexity index is 573. The van der Waals surface area contributed by atoms with Gasteiger partial charge in [0.2, 0.25) is 0 Å². The molecule has 138 valence electrons. The first-order valence-corrected chi connectivity index (χ1v) is 9.05. The standard InChI is InChI=1S/C18H29N5O2/c1-14-13-21(2)7-6-16(14)22(3)18(24)20-15-4-5-17(19-12-15)23-8-10-25-11-9-23/h4-5,12,14,16H,6-11,13H2,1-3H3,(H,20,24)/t14-,16+/m1/s1. The summed E-state index contributed by atoms with van der Waals surface area (Å²) >= 11 is 0. The highest BCUT2D eigenvalue weighted by molar-refractivity contribution is 5.89. The topological polar surface area (TPSA) is 60.9 Å². The Morgan fingerprint density at radius 1 is 1.32 bits per heavy atom. The third kappa shape index (κ3) is 4.41. The molecule has 2 aliphatic heterocycles. The molecule has 1 aromatic heterocycles. The van der Waals surface area contributed by atoms with Crippen LogP contribution in [0.4, 0.5) is 16.3 Å². The lowest BCUT2D eigenvalue weighted by molar-refractivity contribution is 0.113. The van der Waals surface area contributed by atoms with Crippen molar-refractivity contribution in [2.75, 3.05) is 63.7 Å². The second-order valence-corrected chi connectivity index (χ2v) is 7.14. The molecule has 2 saturated heterocycles. The summed E-state index contributed by atoms with van der Waals surface area (Å²) in [5.74, 6) is 1.40. The first kappa shape index (κ1) is 17.9. The van der Waals surface area contributed by atoms with Crippen molar-refractivity contribution in [3.63, 3.8) is 0 Å². The molecule has 0 saturated carbocycles. The van der Waals surface area contributed by atoms with Gasteiger partial charge in [0.1, 0.15) is 5.82 Å². The van der Waals surface area contributed by atoms with Crippen LogP contribution in [-0.2, 0) is 4.74 Å². The van der Waals surface area contributed by atoms with Crippen molar-refractivity contribution in [1.29, 1.82) is 0 Å². The smallest absolute Gasteiger partial charge is 0.321 e. The highest BCUT2D eigenvalue weighted by Crippen LogP contribution is 2.21. The average molecular weight is 347 g/mol. The second-order valence-electron chi connectivity index (χ2n) is 7.14. The molecule has 0 aliphatic carbocycles. The SMILES string of the molecule is C[C@@H]1CN(C)CC[C@@H]1N(C)C(=O)Nc1ccc(N2CCOCC2)nc1. The maximum Gasteiger partial charge on any atom is 0.321 e. The first-order valence-electron chi connectivity index (χ1n) is 9.05. The first-order chi connectivity index (χ1) is 12.0. The summed E-state index contributed by atoms with van der Waals surface area (Å²) in [6.07, 6.45) is 2.74. The molecule has 2 amide bonds. The van der Waals surface area contributed by atoms with Gasteiger partial charge in [-0.3, -0.25) is 0 Å². The van der Waals surface area contributed by atoms with Crippen LogP contribution in [0.1, 0.15) is 13.3 Å². The number of anilines is 2. The number of hydrogen-bond acceptors (Lipinski definition) is 5. The molecule has 0 bridgehead atoms. The number of carbonyl (C=O) groups excluding carboxylic acids is 1. The van der Waals surface area contributed by atoms with Gasteiger partial charge >= 0.3 is 6.03 Å². The number of ether oxygens (including phenoxy) is 1. The largest absolute Gasteiger partial charge is 0.378 e. The van der Waals surface area contributed by atoms with Gasteiger partial charge in [-0.2, -0.15) is 0 Å². The van der Waals surface area contributed by atoms with E-state index >= 15 is 0 Å². The van der Waals surface area contributed by atoms with Crippen LogP contribution in [0.25, 0.3) is 0 Å². The van der Waals surface area contributed by atoms with Crippen molar-refractivity contribution in [3.8, 4) is 0 Å². The van der Waals surface area contributed by atoms with E-state index in [1.54, 1.807) is 6.20 Å². The van der Waals surface area contributed by atoms with E-state index in [0.29, 0.717) is 5.92 Å². The second kappa shape index (κ2) is 8.01. The van der Waals surface area contributed by atoms with E-state index < -0.39 is 0 Å². The Morgan fingerprint density at radius 3 is 2.72 bits per heavy atom. The molecule has 0 radical (unpaired) electrons. The van der Waals surface area contributed by atoms with Crippen LogP contribution in [0.15, 0.2) is 18.3 Å². The highest BCUT2D eigenvalue weighted by atomic mass is 16.5. The number of morpholine rings is 1. The van der Waals surface area contributed by atoms with Gasteiger partial charge in [0.05, 0.1) is 25.1 Å². The molecule has 2 fully saturated rings. The van der Waals surface area contributed by atoms with E-state index in [4.69, 9.17) is 4.74 Å². The minimum absolute atomic E-state index is 0.0673. The van der Waals surface area contributed by atoms with E-state index in [1.165, 1.54) is 0 Å². The van der Waals surface area contributed by atoms with Crippen LogP contribution in [0.3, 0.4) is 0 Å². The number of nitrogens with one attached hydrogen (secondary N) is 1. The molecule has 0 spiro atoms. The fourth-order valence-corrected chi connectivity index (χ4v) is 3.72. The van der Waals surface area contributed by atoms with Crippen LogP contribution >= 0.6 is 0 Å². The number of likely N-dealkylation sites (tertiary alicyclic amines) is 1. The fraction of sp³-hybridized carbons (Fsp3) is 0.667. The van der Waals surface area contributed by atoms with Gasteiger partial charge in [-0.15, -0.1) is 0 Å². The van der Waals surface area contributed by atoms with Crippen molar-refractivity contribution < 1.29 is 9.53 Å². The molecule has 2 atom stereocenters. The molecule has 1 N–H and O–H groups in total. The van der Waals surface area contributed by atoms with Gasteiger partial charge in [-0.25, -0.2) is 9.78 Å². The predicted octanol–water partition coefficient (Wildman–Crippen LogP) is 1.72. The summed E-state index contributed by atoms with van der Waals surface area (Å²) in [7, 11) is 4.02. The zero-order valence-electron chi connectivity index (χ0n) is 15.4. The number of aromatic nitrogens is 1. The lowest BCUT2D eigenvalue weighted by atomic mass is 9.93. The summed E-state index contributed by atoms with van der Waals surface area (Å²) in [5, 5.41) is 2.97. The van der Waals surface area contributed by atoms with E-state index in [1.807, 2.05) is 24.1 Å². The number of pyridine rings is 1. The normalized spacial score (nSPS) is 24.8. The summed E-state index contributed by atoms with van der Waals surface area (Å²) in [6.45, 7) is 7.45. The third-order valence-corrected chi connectivity index (χ3v) is 5.22. The average Bonchev–Trinajstić information content (AvgIpc) is 2.62. The number of urea groups is 1. The molecule has 2 aliphatic rings. The van der Waals surface area contributed by atoms with Gasteiger partial charge in [0.15, 0.2) is 0 Å². The van der Waals surface area contributed by atoms with Crippen molar-refractivity contribution >= 4 is 17.5 Å². The summed E-state index contributed by atoms with van der Waals surface area (Å²) in [6, 6.07) is 4.08. The number of nitrogens with zero attached hydrogens (tertiary/aromatic N) is 4. The quantitative estimate of drug-likeness (QED) is 0.902. The Balaban J connectivity index is 1.56. The van der Waals surface area contributed by atoms with E-state index in [-0.39, 0.29) is 12.1 Å². The third-order valence-electron chi connectivity index (χ3n) is 5.22. The Labute approximate surface area is 149 Å². The molecule has 0 aromatic carbocycles. The molecule has 3 rings (SSSR count). The van der Waals surface area contributed by atoms with Gasteiger partial charge in [-0.1, -0.05) is 6.92 Å². The summed E-state index contributed by atoms with van der Waals surface area (Å²) in [4.78, 5) is 23.4. The van der Waals surface area contributed by atoms with Crippen LogP contribution in [0, 0.1) is 5.92 Å². The van der Waals surface area contributed by atoms with Gasteiger partial charge in [0, 0.05) is 32.7 Å². The molecule has 3 heterocycles. The monoisotopic (exact) mass is 347 g/mol. The lowest BCUT2D eigenvalue weighted by Gasteiger charge is -2.39. The number of rotatable bonds is 3. The van der Waals surface area contributed by atoms with Gasteiger partial charge in [-0.05, 0) is 38.1 Å². The minimum atomic E-state index is -0.0673. The number of amides is 2. The number of carbonyl (C=O) groups is 1. The van der Waals surface area contributed by atoms with Crippen molar-refractivity contribution in [2.45, 2.75) is 19.4 Å². The van der Waals surface area contributed by atoms with Crippen LogP contribution < -0.4 is 10.2 Å². The maximum absolute atomic E-state index is 12.6. The van der Waals surface area contributed by atoms with Crippen LogP contribution in [0.5, 0.6) is 0 Å². The zero-order chi connectivity index (χ0) is 17.8. The predicted molar refractivity (Wildman–Crippen MR) is 99.1 cm³/mol. The van der Waals surface area contributed by atoms with Gasteiger partial charge < -0.3 is 24.8 Å². The van der Waals surface area contributed by atoms with Crippen LogP contribution in [-0.4, -0.2) is 80.3 Å². The van der Waals surface area contributed by atoms with E-state index in [9.17, 15) is 4.79 Å². The molecule has 0 unspecified atom stereocenters. The summed E-state index contributed by atoms with van der Waals surface area (Å²) in [5.41, 5.74) is 0.731. The Kier molecular flexibility index (Phi) is 5.75. The van der Waals surface area contributed by atoms with E-state index in [2.05, 4.69) is 34.1 Å². The molecule has 1 aromatic rings. The van der Waals surface area contributed by atoms with Crippen molar-refractivity contribution in [2.24, 2.45) is 5.92 Å². The number of hydrogen-bond donors (Lipinski definition) is 1. The number of piperidine rings is 1. The maximum atomic E-state index is 12.6. The van der Waals surface area contributed by atoms with Crippen molar-refractivity contribution in [3.05, 3.63) is 18.3 Å². The Hall–Kier alpha value is -1.86. The highest BCUT2D eigenvalue weighted by Gasteiger charge is 2.30. The van der Waals surface area contributed by atoms with Gasteiger partial charge in [0.25, 0.3) is 0 Å². The molecule has 25 heavy (non-hydrogen) atoms. The Morgan fingerprint density at radius 2 is 2.08 bits per heavy atom. The van der Waals surface area contributed by atoms with Crippen LogP contribution in [0.2, 0.25) is 0 Å². The molecular formula is C18H29N5O2. The molecule has 7 nitrogen and oxygen atoms in total. The fourth-order valence-electron chi connectivity index (χ4n) is 3.72. The molecule has 7 heteroatoms. The molecular weight excluding hydrogens is 318 g/mol. The minimum Gasteiger partial charge on any atom is -0.378 e. The zero-order valence-corrected chi connectivity index (χ0v) is 15.4. The lowest BCUT2D eigenvalue weighted by Crippen LogP contribution is -2.50.